The highest BCUT2D eigenvalue weighted by atomic mass is 16.1. The number of nitrogens with zero attached hydrogens (tertiary/aromatic N) is 1. The van der Waals surface area contributed by atoms with E-state index >= 15 is 0 Å². The van der Waals surface area contributed by atoms with E-state index in [0.717, 1.165) is 30.9 Å². The summed E-state index contributed by atoms with van der Waals surface area (Å²) in [6.45, 7) is 5.74. The molecule has 82 valence electrons. The molecule has 0 aliphatic heterocycles. The Bertz CT molecular complexity index is 407. The fraction of sp³-hybridized carbons (Fsp3) is 0.636. The molecule has 1 aromatic rings. The number of nitrogens with one attached hydrogen (secondary N) is 2. The molecule has 1 aromatic heterocycles. The molecular formula is C11H17N3O. The number of hydrogen-bond acceptors (Lipinski definition) is 3. The molecule has 0 saturated heterocycles. The summed E-state index contributed by atoms with van der Waals surface area (Å²) in [7, 11) is 0. The van der Waals surface area contributed by atoms with E-state index in [9.17, 15) is 4.79 Å². The number of H-pyrrole nitrogens is 1. The highest BCUT2D eigenvalue weighted by molar-refractivity contribution is 5.17. The summed E-state index contributed by atoms with van der Waals surface area (Å²) in [6, 6.07) is 1.57. The Balaban J connectivity index is 2.25. The van der Waals surface area contributed by atoms with Gasteiger partial charge in [-0.25, -0.2) is 4.98 Å². The largest absolute Gasteiger partial charge is 0.311 e. The maximum absolute atomic E-state index is 11.4. The van der Waals surface area contributed by atoms with Crippen LogP contribution in [-0.2, 0) is 12.0 Å². The molecule has 2 N–H and O–H groups in total. The fourth-order valence-corrected chi connectivity index (χ4v) is 1.56. The van der Waals surface area contributed by atoms with Gasteiger partial charge in [-0.15, -0.1) is 0 Å². The molecule has 0 amide bonds. The molecule has 0 aromatic carbocycles. The van der Waals surface area contributed by atoms with Crippen LogP contribution in [-0.4, -0.2) is 16.5 Å². The van der Waals surface area contributed by atoms with E-state index in [1.165, 1.54) is 0 Å². The number of aromatic amines is 1. The summed E-state index contributed by atoms with van der Waals surface area (Å²) >= 11 is 0. The molecular weight excluding hydrogens is 190 g/mol. The lowest BCUT2D eigenvalue weighted by molar-refractivity contribution is 0.660. The predicted octanol–water partition coefficient (Wildman–Crippen LogP) is 0.931. The second kappa shape index (κ2) is 3.77. The van der Waals surface area contributed by atoms with Gasteiger partial charge in [0, 0.05) is 18.0 Å². The summed E-state index contributed by atoms with van der Waals surface area (Å²) in [5, 5.41) is 3.18. The van der Waals surface area contributed by atoms with Gasteiger partial charge in [0.2, 0.25) is 0 Å². The lowest BCUT2D eigenvalue weighted by atomic mass is 10.1. The number of rotatable bonds is 4. The van der Waals surface area contributed by atoms with E-state index in [1.807, 2.05) is 6.92 Å². The molecule has 1 aliphatic rings. The molecule has 1 heterocycles. The van der Waals surface area contributed by atoms with Gasteiger partial charge in [0.1, 0.15) is 5.82 Å². The predicted molar refractivity (Wildman–Crippen MR) is 58.8 cm³/mol. The summed E-state index contributed by atoms with van der Waals surface area (Å²) in [5.41, 5.74) is 0.922. The first-order valence-electron chi connectivity index (χ1n) is 5.45. The Hall–Kier alpha value is -1.16. The Morgan fingerprint density at radius 2 is 2.33 bits per heavy atom. The molecule has 0 atom stereocenters. The zero-order valence-electron chi connectivity index (χ0n) is 9.26. The quantitative estimate of drug-likeness (QED) is 0.772. The van der Waals surface area contributed by atoms with Gasteiger partial charge in [0.05, 0.1) is 5.69 Å². The minimum Gasteiger partial charge on any atom is -0.311 e. The zero-order chi connectivity index (χ0) is 10.9. The first kappa shape index (κ1) is 10.4. The van der Waals surface area contributed by atoms with Gasteiger partial charge in [-0.1, -0.05) is 13.8 Å². The number of hydrogen-bond donors (Lipinski definition) is 2. The van der Waals surface area contributed by atoms with Crippen molar-refractivity contribution in [2.24, 2.45) is 0 Å². The van der Waals surface area contributed by atoms with Crippen molar-refractivity contribution in [3.05, 3.63) is 27.9 Å². The van der Waals surface area contributed by atoms with Gasteiger partial charge < -0.3 is 10.3 Å². The molecule has 2 rings (SSSR count). The van der Waals surface area contributed by atoms with Gasteiger partial charge in [-0.2, -0.15) is 0 Å². The highest BCUT2D eigenvalue weighted by Crippen LogP contribution is 2.45. The zero-order valence-corrected chi connectivity index (χ0v) is 9.26. The van der Waals surface area contributed by atoms with E-state index in [1.54, 1.807) is 6.07 Å². The minimum absolute atomic E-state index is 0.0407. The van der Waals surface area contributed by atoms with Crippen LogP contribution >= 0.6 is 0 Å². The lowest BCUT2D eigenvalue weighted by Crippen LogP contribution is -2.21. The van der Waals surface area contributed by atoms with E-state index in [0.29, 0.717) is 6.54 Å². The molecule has 0 spiro atoms. The summed E-state index contributed by atoms with van der Waals surface area (Å²) < 4.78 is 0. The Morgan fingerprint density at radius 3 is 2.93 bits per heavy atom. The van der Waals surface area contributed by atoms with Crippen molar-refractivity contribution in [1.82, 2.24) is 15.3 Å². The van der Waals surface area contributed by atoms with Crippen molar-refractivity contribution >= 4 is 0 Å². The van der Waals surface area contributed by atoms with Crippen LogP contribution in [0.15, 0.2) is 10.9 Å². The summed E-state index contributed by atoms with van der Waals surface area (Å²) in [5.74, 6) is 0.850. The molecule has 1 aliphatic carbocycles. The van der Waals surface area contributed by atoms with E-state index < -0.39 is 0 Å². The van der Waals surface area contributed by atoms with Crippen LogP contribution in [0.2, 0.25) is 0 Å². The Morgan fingerprint density at radius 1 is 1.60 bits per heavy atom. The molecule has 4 heteroatoms. The molecule has 1 fully saturated rings. The fourth-order valence-electron chi connectivity index (χ4n) is 1.56. The van der Waals surface area contributed by atoms with Crippen LogP contribution in [0.1, 0.15) is 38.2 Å². The van der Waals surface area contributed by atoms with Crippen molar-refractivity contribution in [1.29, 1.82) is 0 Å². The maximum atomic E-state index is 11.4. The molecule has 0 bridgehead atoms. The van der Waals surface area contributed by atoms with E-state index in [2.05, 4.69) is 22.2 Å². The second-order valence-electron chi connectivity index (χ2n) is 4.43. The van der Waals surface area contributed by atoms with Crippen molar-refractivity contribution < 1.29 is 0 Å². The smallest absolute Gasteiger partial charge is 0.251 e. The lowest BCUT2D eigenvalue weighted by Gasteiger charge is -2.09. The minimum atomic E-state index is -0.0407. The summed E-state index contributed by atoms with van der Waals surface area (Å²) in [6.07, 6.45) is 2.25. The Kier molecular flexibility index (Phi) is 2.61. The normalized spacial score (nSPS) is 17.7. The molecule has 1 saturated carbocycles. The molecule has 0 radical (unpaired) electrons. The third kappa shape index (κ3) is 2.26. The molecule has 4 nitrogen and oxygen atoms in total. The van der Waals surface area contributed by atoms with Crippen LogP contribution in [0.5, 0.6) is 0 Å². The van der Waals surface area contributed by atoms with Gasteiger partial charge >= 0.3 is 0 Å². The van der Waals surface area contributed by atoms with Crippen LogP contribution in [0.25, 0.3) is 0 Å². The summed E-state index contributed by atoms with van der Waals surface area (Å²) in [4.78, 5) is 18.7. The van der Waals surface area contributed by atoms with Crippen LogP contribution in [0.4, 0.5) is 0 Å². The van der Waals surface area contributed by atoms with E-state index in [4.69, 9.17) is 0 Å². The SMILES string of the molecule is CCNCc1cc(=O)[nH]c(C2(C)CC2)n1. The van der Waals surface area contributed by atoms with Crippen molar-refractivity contribution in [3.8, 4) is 0 Å². The van der Waals surface area contributed by atoms with Gasteiger partial charge in [0.15, 0.2) is 0 Å². The monoisotopic (exact) mass is 207 g/mol. The van der Waals surface area contributed by atoms with E-state index in [-0.39, 0.29) is 11.0 Å². The maximum Gasteiger partial charge on any atom is 0.251 e. The van der Waals surface area contributed by atoms with Crippen LogP contribution in [0.3, 0.4) is 0 Å². The second-order valence-corrected chi connectivity index (χ2v) is 4.43. The molecule has 15 heavy (non-hydrogen) atoms. The first-order valence-corrected chi connectivity index (χ1v) is 5.45. The topological polar surface area (TPSA) is 57.8 Å². The van der Waals surface area contributed by atoms with Crippen molar-refractivity contribution in [2.45, 2.75) is 38.6 Å². The van der Waals surface area contributed by atoms with Gasteiger partial charge in [-0.05, 0) is 19.4 Å². The average molecular weight is 207 g/mol. The van der Waals surface area contributed by atoms with Crippen molar-refractivity contribution in [3.63, 3.8) is 0 Å². The molecule has 0 unspecified atom stereocenters. The van der Waals surface area contributed by atoms with Crippen LogP contribution in [0, 0.1) is 0 Å². The van der Waals surface area contributed by atoms with Crippen LogP contribution < -0.4 is 10.9 Å². The van der Waals surface area contributed by atoms with Gasteiger partial charge in [0.25, 0.3) is 5.56 Å². The Labute approximate surface area is 89.1 Å². The van der Waals surface area contributed by atoms with Gasteiger partial charge in [-0.3, -0.25) is 4.79 Å². The third-order valence-electron chi connectivity index (χ3n) is 2.92. The van der Waals surface area contributed by atoms with Crippen molar-refractivity contribution in [2.75, 3.05) is 6.54 Å². The number of aromatic nitrogens is 2. The average Bonchev–Trinajstić information content (AvgIpc) is 2.94. The third-order valence-corrected chi connectivity index (χ3v) is 2.92. The highest BCUT2D eigenvalue weighted by Gasteiger charge is 2.41. The first-order chi connectivity index (χ1) is 7.14. The standard InChI is InChI=1S/C11H17N3O/c1-3-12-7-8-6-9(15)14-10(13-8)11(2)4-5-11/h6,12H,3-5,7H2,1-2H3,(H,13,14,15).